The lowest BCUT2D eigenvalue weighted by Gasteiger charge is -2.31. The summed E-state index contributed by atoms with van der Waals surface area (Å²) in [6.45, 7) is 1.17. The third-order valence-electron chi connectivity index (χ3n) is 3.63. The second kappa shape index (κ2) is 6.33. The largest absolute Gasteiger partial charge is 0.319 e. The Morgan fingerprint density at radius 2 is 1.71 bits per heavy atom. The lowest BCUT2D eigenvalue weighted by atomic mass is 9.98. The van der Waals surface area contributed by atoms with Gasteiger partial charge >= 0.3 is 0 Å². The van der Waals surface area contributed by atoms with Crippen molar-refractivity contribution < 1.29 is 21.6 Å². The smallest absolute Gasteiger partial charge is 0.248 e. The van der Waals surface area contributed by atoms with E-state index in [1.807, 2.05) is 7.05 Å². The predicted octanol–water partition coefficient (Wildman–Crippen LogP) is 1.72. The number of nitrogens with one attached hydrogen (secondary N) is 1. The Morgan fingerprint density at radius 3 is 2.19 bits per heavy atom. The average Bonchev–Trinajstić information content (AvgIpc) is 2.38. The van der Waals surface area contributed by atoms with Gasteiger partial charge in [0.05, 0.1) is 0 Å². The Labute approximate surface area is 122 Å². The van der Waals surface area contributed by atoms with Gasteiger partial charge in [-0.15, -0.1) is 0 Å². The van der Waals surface area contributed by atoms with Crippen molar-refractivity contribution in [2.75, 3.05) is 26.7 Å². The Bertz CT molecular complexity index is 591. The van der Waals surface area contributed by atoms with Crippen LogP contribution in [0.1, 0.15) is 12.8 Å². The van der Waals surface area contributed by atoms with E-state index in [-0.39, 0.29) is 13.1 Å². The summed E-state index contributed by atoms with van der Waals surface area (Å²) >= 11 is 0. The molecule has 0 aliphatic carbocycles. The lowest BCUT2D eigenvalue weighted by molar-refractivity contribution is 0.269. The molecule has 8 heteroatoms. The van der Waals surface area contributed by atoms with Crippen LogP contribution in [-0.4, -0.2) is 39.4 Å². The van der Waals surface area contributed by atoms with E-state index in [0.29, 0.717) is 30.9 Å². The molecule has 2 rings (SSSR count). The van der Waals surface area contributed by atoms with Gasteiger partial charge in [-0.05, 0) is 32.4 Å². The molecule has 0 bridgehead atoms. The van der Waals surface area contributed by atoms with Crippen molar-refractivity contribution >= 4 is 10.0 Å². The molecular weight excluding hydrogens is 305 g/mol. The molecule has 4 nitrogen and oxygen atoms in total. The molecule has 0 saturated carbocycles. The van der Waals surface area contributed by atoms with Crippen molar-refractivity contribution in [1.82, 2.24) is 9.62 Å². The summed E-state index contributed by atoms with van der Waals surface area (Å²) in [5.41, 5.74) is 0. The Hall–Kier alpha value is -1.12. The third-order valence-corrected chi connectivity index (χ3v) is 5.58. The minimum Gasteiger partial charge on any atom is -0.319 e. The van der Waals surface area contributed by atoms with E-state index >= 15 is 0 Å². The van der Waals surface area contributed by atoms with E-state index in [4.69, 9.17) is 0 Å². The first-order chi connectivity index (χ1) is 9.86. The molecule has 0 unspecified atom stereocenters. The van der Waals surface area contributed by atoms with E-state index in [0.717, 1.165) is 10.8 Å². The Morgan fingerprint density at radius 1 is 1.19 bits per heavy atom. The van der Waals surface area contributed by atoms with Crippen molar-refractivity contribution in [3.63, 3.8) is 0 Å². The topological polar surface area (TPSA) is 49.4 Å². The van der Waals surface area contributed by atoms with E-state index < -0.39 is 32.4 Å². The zero-order valence-corrected chi connectivity index (χ0v) is 12.4. The highest BCUT2D eigenvalue weighted by Crippen LogP contribution is 2.27. The van der Waals surface area contributed by atoms with Gasteiger partial charge in [-0.2, -0.15) is 4.31 Å². The molecule has 0 aromatic heterocycles. The summed E-state index contributed by atoms with van der Waals surface area (Å²) in [6.07, 6.45) is 1.23. The molecule has 1 aliphatic rings. The van der Waals surface area contributed by atoms with Gasteiger partial charge in [0.2, 0.25) is 10.0 Å². The van der Waals surface area contributed by atoms with E-state index in [2.05, 4.69) is 5.32 Å². The molecule has 1 aromatic carbocycles. The fraction of sp³-hybridized carbons (Fsp3) is 0.538. The normalized spacial score (nSPS) is 18.1. The minimum absolute atomic E-state index is 0.199. The van der Waals surface area contributed by atoms with Gasteiger partial charge in [-0.1, -0.05) is 0 Å². The van der Waals surface area contributed by atoms with Gasteiger partial charge in [0, 0.05) is 25.2 Å². The molecule has 21 heavy (non-hydrogen) atoms. The number of benzene rings is 1. The van der Waals surface area contributed by atoms with Crippen LogP contribution in [-0.2, 0) is 10.0 Å². The molecular formula is C13H17F3N2O2S. The third kappa shape index (κ3) is 3.38. The number of piperidine rings is 1. The van der Waals surface area contributed by atoms with Gasteiger partial charge in [-0.25, -0.2) is 21.6 Å². The fourth-order valence-electron chi connectivity index (χ4n) is 2.55. The molecule has 0 spiro atoms. The standard InChI is InChI=1S/C13H17F3N2O2S/c1-17-8-9-2-4-18(5-3-9)21(19,20)13-11(15)6-10(14)7-12(13)16/h6-7,9,17H,2-5,8H2,1H3. The molecule has 1 aromatic rings. The number of halogens is 3. The van der Waals surface area contributed by atoms with Crippen LogP contribution in [0.25, 0.3) is 0 Å². The summed E-state index contributed by atoms with van der Waals surface area (Å²) < 4.78 is 65.9. The molecule has 1 heterocycles. The Kier molecular flexibility index (Phi) is 4.90. The van der Waals surface area contributed by atoms with Crippen molar-refractivity contribution in [1.29, 1.82) is 0 Å². The van der Waals surface area contributed by atoms with Crippen LogP contribution in [0.4, 0.5) is 13.2 Å². The van der Waals surface area contributed by atoms with E-state index in [9.17, 15) is 21.6 Å². The van der Waals surface area contributed by atoms with Crippen LogP contribution < -0.4 is 5.32 Å². The summed E-state index contributed by atoms with van der Waals surface area (Å²) in [5.74, 6) is -3.60. The maximum absolute atomic E-state index is 13.7. The summed E-state index contributed by atoms with van der Waals surface area (Å²) in [5, 5.41) is 3.02. The zero-order chi connectivity index (χ0) is 15.6. The first-order valence-corrected chi connectivity index (χ1v) is 8.09. The van der Waals surface area contributed by atoms with Crippen LogP contribution in [0.3, 0.4) is 0 Å². The highest BCUT2D eigenvalue weighted by molar-refractivity contribution is 7.89. The maximum Gasteiger partial charge on any atom is 0.248 e. The second-order valence-electron chi connectivity index (χ2n) is 5.10. The highest BCUT2D eigenvalue weighted by Gasteiger charge is 2.33. The van der Waals surface area contributed by atoms with E-state index in [1.54, 1.807) is 0 Å². The quantitative estimate of drug-likeness (QED) is 0.918. The minimum atomic E-state index is -4.28. The lowest BCUT2D eigenvalue weighted by Crippen LogP contribution is -2.41. The van der Waals surface area contributed by atoms with Crippen molar-refractivity contribution in [2.45, 2.75) is 17.7 Å². The summed E-state index contributed by atoms with van der Waals surface area (Å²) in [7, 11) is -2.47. The molecule has 1 fully saturated rings. The molecule has 0 amide bonds. The first-order valence-electron chi connectivity index (χ1n) is 6.65. The SMILES string of the molecule is CNCC1CCN(S(=O)(=O)c2c(F)cc(F)cc2F)CC1. The van der Waals surface area contributed by atoms with Crippen LogP contribution >= 0.6 is 0 Å². The number of sulfonamides is 1. The van der Waals surface area contributed by atoms with Gasteiger partial charge in [0.25, 0.3) is 0 Å². The van der Waals surface area contributed by atoms with Crippen molar-refractivity contribution in [3.8, 4) is 0 Å². The summed E-state index contributed by atoms with van der Waals surface area (Å²) in [4.78, 5) is -1.07. The second-order valence-corrected chi connectivity index (χ2v) is 6.98. The van der Waals surface area contributed by atoms with Gasteiger partial charge in [-0.3, -0.25) is 0 Å². The average molecular weight is 322 g/mol. The van der Waals surface area contributed by atoms with E-state index in [1.165, 1.54) is 0 Å². The number of hydrogen-bond acceptors (Lipinski definition) is 3. The van der Waals surface area contributed by atoms with Crippen LogP contribution in [0, 0.1) is 23.4 Å². The van der Waals surface area contributed by atoms with Gasteiger partial charge in [0.15, 0.2) is 4.90 Å². The number of nitrogens with zero attached hydrogens (tertiary/aromatic N) is 1. The van der Waals surface area contributed by atoms with Crippen LogP contribution in [0.2, 0.25) is 0 Å². The maximum atomic E-state index is 13.7. The summed E-state index contributed by atoms with van der Waals surface area (Å²) in [6, 6.07) is 0.757. The van der Waals surface area contributed by atoms with Gasteiger partial charge in [0.1, 0.15) is 17.5 Å². The van der Waals surface area contributed by atoms with Crippen LogP contribution in [0.15, 0.2) is 17.0 Å². The first kappa shape index (κ1) is 16.3. The molecule has 1 saturated heterocycles. The molecule has 118 valence electrons. The molecule has 0 radical (unpaired) electrons. The number of rotatable bonds is 4. The fourth-order valence-corrected chi connectivity index (χ4v) is 4.11. The zero-order valence-electron chi connectivity index (χ0n) is 11.6. The predicted molar refractivity (Wildman–Crippen MR) is 71.7 cm³/mol. The monoisotopic (exact) mass is 322 g/mol. The molecule has 1 N–H and O–H groups in total. The Balaban J connectivity index is 2.24. The highest BCUT2D eigenvalue weighted by atomic mass is 32.2. The molecule has 1 aliphatic heterocycles. The number of hydrogen-bond donors (Lipinski definition) is 1. The van der Waals surface area contributed by atoms with Gasteiger partial charge < -0.3 is 5.32 Å². The van der Waals surface area contributed by atoms with Crippen LogP contribution in [0.5, 0.6) is 0 Å². The van der Waals surface area contributed by atoms with Crippen molar-refractivity contribution in [2.24, 2.45) is 5.92 Å². The molecule has 0 atom stereocenters. The van der Waals surface area contributed by atoms with Crippen molar-refractivity contribution in [3.05, 3.63) is 29.6 Å².